The van der Waals surface area contributed by atoms with E-state index in [2.05, 4.69) is 14.8 Å². The zero-order valence-corrected chi connectivity index (χ0v) is 6.85. The Morgan fingerprint density at radius 2 is 2.15 bits per heavy atom. The summed E-state index contributed by atoms with van der Waals surface area (Å²) in [7, 11) is 1.50. The third-order valence-electron chi connectivity index (χ3n) is 1.48. The van der Waals surface area contributed by atoms with Crippen LogP contribution in [-0.4, -0.2) is 17.4 Å². The quantitative estimate of drug-likeness (QED) is 0.741. The topological polar surface area (TPSA) is 87.3 Å². The lowest BCUT2D eigenvalue weighted by Crippen LogP contribution is -1.78. The number of aromatic nitrogens is 2. The molecule has 0 spiro atoms. The Hall–Kier alpha value is -1.98. The molecule has 0 aliphatic carbocycles. The number of nitrogens with zero attached hydrogens (tertiary/aromatic N) is 2. The van der Waals surface area contributed by atoms with E-state index >= 15 is 0 Å². The molecular formula is C7H7N3O3. The van der Waals surface area contributed by atoms with Gasteiger partial charge in [0.05, 0.1) is 13.2 Å². The molecule has 2 heterocycles. The van der Waals surface area contributed by atoms with E-state index in [-0.39, 0.29) is 5.88 Å². The Morgan fingerprint density at radius 1 is 1.31 bits per heavy atom. The highest BCUT2D eigenvalue weighted by atomic mass is 16.5. The summed E-state index contributed by atoms with van der Waals surface area (Å²) in [6.45, 7) is 0. The summed E-state index contributed by atoms with van der Waals surface area (Å²) in [4.78, 5) is 0. The molecular weight excluding hydrogens is 174 g/mol. The molecule has 0 aromatic carbocycles. The van der Waals surface area contributed by atoms with E-state index in [9.17, 15) is 0 Å². The van der Waals surface area contributed by atoms with Gasteiger partial charge in [-0.05, 0) is 5.16 Å². The minimum atomic E-state index is 0.227. The Kier molecular flexibility index (Phi) is 1.66. The van der Waals surface area contributed by atoms with E-state index in [0.717, 1.165) is 0 Å². The van der Waals surface area contributed by atoms with Crippen LogP contribution in [0.25, 0.3) is 11.5 Å². The number of ether oxygens (including phenoxy) is 1. The average Bonchev–Trinajstić information content (AvgIpc) is 2.71. The lowest BCUT2D eigenvalue weighted by Gasteiger charge is -1.83. The van der Waals surface area contributed by atoms with Gasteiger partial charge in [-0.2, -0.15) is 0 Å². The lowest BCUT2D eigenvalue weighted by molar-refractivity contribution is 0.341. The summed E-state index contributed by atoms with van der Waals surface area (Å²) >= 11 is 0. The van der Waals surface area contributed by atoms with E-state index in [1.54, 1.807) is 12.1 Å². The van der Waals surface area contributed by atoms with Gasteiger partial charge in [-0.3, -0.25) is 0 Å². The molecule has 2 rings (SSSR count). The highest BCUT2D eigenvalue weighted by Gasteiger charge is 2.10. The molecule has 0 aliphatic rings. The first-order chi connectivity index (χ1) is 6.29. The fourth-order valence-electron chi connectivity index (χ4n) is 0.881. The highest BCUT2D eigenvalue weighted by molar-refractivity contribution is 5.55. The molecule has 0 saturated carbocycles. The molecule has 0 amide bonds. The molecule has 0 radical (unpaired) electrons. The number of methoxy groups -OCH3 is 1. The summed E-state index contributed by atoms with van der Waals surface area (Å²) in [6.07, 6.45) is 0. The van der Waals surface area contributed by atoms with Crippen LogP contribution < -0.4 is 10.5 Å². The molecule has 2 aromatic rings. The molecule has 6 heteroatoms. The van der Waals surface area contributed by atoms with Crippen molar-refractivity contribution in [1.29, 1.82) is 0 Å². The number of nitrogens with two attached hydrogens (primary N) is 1. The third-order valence-corrected chi connectivity index (χ3v) is 1.48. The van der Waals surface area contributed by atoms with Crippen molar-refractivity contribution in [2.24, 2.45) is 0 Å². The van der Waals surface area contributed by atoms with Gasteiger partial charge in [-0.25, -0.2) is 0 Å². The SMILES string of the molecule is COc1cc(-c2cc(N)on2)on1. The van der Waals surface area contributed by atoms with Gasteiger partial charge in [0.2, 0.25) is 5.88 Å². The zero-order valence-electron chi connectivity index (χ0n) is 6.85. The Morgan fingerprint density at radius 3 is 2.69 bits per heavy atom. The van der Waals surface area contributed by atoms with Gasteiger partial charge in [-0.15, -0.1) is 0 Å². The van der Waals surface area contributed by atoms with Crippen LogP contribution in [0.2, 0.25) is 0 Å². The number of anilines is 1. The average molecular weight is 181 g/mol. The zero-order chi connectivity index (χ0) is 9.26. The third kappa shape index (κ3) is 1.33. The van der Waals surface area contributed by atoms with Crippen LogP contribution >= 0.6 is 0 Å². The van der Waals surface area contributed by atoms with E-state index in [1.165, 1.54) is 7.11 Å². The normalized spacial score (nSPS) is 10.2. The molecule has 0 bridgehead atoms. The van der Waals surface area contributed by atoms with Crippen molar-refractivity contribution in [1.82, 2.24) is 10.3 Å². The van der Waals surface area contributed by atoms with Gasteiger partial charge in [0.1, 0.15) is 0 Å². The largest absolute Gasteiger partial charge is 0.479 e. The maximum atomic E-state index is 5.33. The van der Waals surface area contributed by atoms with Crippen LogP contribution in [0, 0.1) is 0 Å². The van der Waals surface area contributed by atoms with Crippen molar-refractivity contribution in [3.63, 3.8) is 0 Å². The van der Waals surface area contributed by atoms with Crippen LogP contribution in [0.4, 0.5) is 5.88 Å². The van der Waals surface area contributed by atoms with Crippen LogP contribution in [0.3, 0.4) is 0 Å². The summed E-state index contributed by atoms with van der Waals surface area (Å²) in [5.41, 5.74) is 5.83. The number of hydrogen-bond donors (Lipinski definition) is 1. The first kappa shape index (κ1) is 7.66. The van der Waals surface area contributed by atoms with E-state index in [4.69, 9.17) is 15.0 Å². The van der Waals surface area contributed by atoms with Crippen molar-refractivity contribution >= 4 is 5.88 Å². The summed E-state index contributed by atoms with van der Waals surface area (Å²) in [5, 5.41) is 7.24. The van der Waals surface area contributed by atoms with Crippen molar-refractivity contribution in [2.45, 2.75) is 0 Å². The fraction of sp³-hybridized carbons (Fsp3) is 0.143. The molecule has 68 valence electrons. The maximum absolute atomic E-state index is 5.33. The molecule has 6 nitrogen and oxygen atoms in total. The Bertz CT molecular complexity index is 407. The molecule has 2 aromatic heterocycles. The maximum Gasteiger partial charge on any atom is 0.254 e. The minimum Gasteiger partial charge on any atom is -0.479 e. The number of rotatable bonds is 2. The van der Waals surface area contributed by atoms with Gasteiger partial charge in [0.25, 0.3) is 5.88 Å². The monoisotopic (exact) mass is 181 g/mol. The summed E-state index contributed by atoms with van der Waals surface area (Å²) in [5.74, 6) is 1.07. The van der Waals surface area contributed by atoms with Crippen molar-refractivity contribution in [3.05, 3.63) is 12.1 Å². The first-order valence-electron chi connectivity index (χ1n) is 3.53. The van der Waals surface area contributed by atoms with Gasteiger partial charge in [0, 0.05) is 6.07 Å². The fourth-order valence-corrected chi connectivity index (χ4v) is 0.881. The van der Waals surface area contributed by atoms with Gasteiger partial charge in [-0.1, -0.05) is 5.16 Å². The molecule has 13 heavy (non-hydrogen) atoms. The van der Waals surface area contributed by atoms with Crippen molar-refractivity contribution in [3.8, 4) is 17.3 Å². The highest BCUT2D eigenvalue weighted by Crippen LogP contribution is 2.23. The smallest absolute Gasteiger partial charge is 0.254 e. The molecule has 0 atom stereocenters. The van der Waals surface area contributed by atoms with Crippen molar-refractivity contribution < 1.29 is 13.8 Å². The second kappa shape index (κ2) is 2.81. The molecule has 0 fully saturated rings. The Balaban J connectivity index is 2.35. The van der Waals surface area contributed by atoms with Gasteiger partial charge >= 0.3 is 0 Å². The van der Waals surface area contributed by atoms with Gasteiger partial charge < -0.3 is 19.5 Å². The van der Waals surface area contributed by atoms with Crippen LogP contribution in [0.15, 0.2) is 21.2 Å². The van der Waals surface area contributed by atoms with E-state index in [0.29, 0.717) is 17.3 Å². The summed E-state index contributed by atoms with van der Waals surface area (Å²) < 4.78 is 14.4. The number of nitrogen functional groups attached to an aromatic ring is 1. The van der Waals surface area contributed by atoms with Crippen LogP contribution in [0.1, 0.15) is 0 Å². The van der Waals surface area contributed by atoms with Gasteiger partial charge in [0.15, 0.2) is 11.5 Å². The standard InChI is InChI=1S/C7H7N3O3/c1-11-7-3-5(12-10-7)4-2-6(8)13-9-4/h2-3H,8H2,1H3. The second-order valence-corrected chi connectivity index (χ2v) is 2.35. The van der Waals surface area contributed by atoms with Crippen LogP contribution in [-0.2, 0) is 0 Å². The molecule has 2 N–H and O–H groups in total. The molecule has 0 saturated heterocycles. The molecule has 0 aliphatic heterocycles. The Labute approximate surface area is 73.2 Å². The van der Waals surface area contributed by atoms with E-state index in [1.807, 2.05) is 0 Å². The second-order valence-electron chi connectivity index (χ2n) is 2.35. The minimum absolute atomic E-state index is 0.227. The van der Waals surface area contributed by atoms with Crippen molar-refractivity contribution in [2.75, 3.05) is 12.8 Å². The van der Waals surface area contributed by atoms with E-state index < -0.39 is 0 Å². The predicted molar refractivity (Wildman–Crippen MR) is 43.0 cm³/mol. The summed E-state index contributed by atoms with van der Waals surface area (Å²) in [6, 6.07) is 3.14. The molecule has 0 unspecified atom stereocenters. The predicted octanol–water partition coefficient (Wildman–Crippen LogP) is 0.920. The lowest BCUT2D eigenvalue weighted by atomic mass is 10.3. The van der Waals surface area contributed by atoms with Crippen LogP contribution in [0.5, 0.6) is 5.88 Å². The first-order valence-corrected chi connectivity index (χ1v) is 3.53. The number of hydrogen-bond acceptors (Lipinski definition) is 6.